The van der Waals surface area contributed by atoms with E-state index in [1.165, 1.54) is 54.8 Å². The first-order valence-electron chi connectivity index (χ1n) is 7.34. The molecule has 0 saturated carbocycles. The Labute approximate surface area is 155 Å². The highest BCUT2D eigenvalue weighted by molar-refractivity contribution is 7.83. The summed E-state index contributed by atoms with van der Waals surface area (Å²) in [4.78, 5) is 0. The quantitative estimate of drug-likeness (QED) is 0.425. The van der Waals surface area contributed by atoms with Crippen LogP contribution in [0.4, 0.5) is 0 Å². The monoisotopic (exact) mass is 392 g/mol. The number of rotatable bonds is 9. The lowest BCUT2D eigenvalue weighted by atomic mass is 10.0. The number of unbranched alkanes of at least 4 members (excludes halogenated alkanes) is 4. The maximum atomic E-state index is 4.82. The Balaban J connectivity index is 2.04. The van der Waals surface area contributed by atoms with Gasteiger partial charge >= 0.3 is 0 Å². The van der Waals surface area contributed by atoms with Crippen LogP contribution in [0, 0.1) is 0 Å². The molecule has 0 amide bonds. The van der Waals surface area contributed by atoms with Crippen LogP contribution in [0.1, 0.15) is 61.4 Å². The minimum atomic E-state index is 0.0197. The molecule has 0 spiro atoms. The molecule has 2 heterocycles. The number of aromatic nitrogens is 4. The molecule has 0 aromatic carbocycles. The van der Waals surface area contributed by atoms with Crippen molar-refractivity contribution in [3.63, 3.8) is 0 Å². The summed E-state index contributed by atoms with van der Waals surface area (Å²) in [6.45, 7) is 2.23. The summed E-state index contributed by atoms with van der Waals surface area (Å²) in [5, 5.41) is 18.5. The van der Waals surface area contributed by atoms with E-state index in [0.29, 0.717) is 8.68 Å². The molecule has 22 heavy (non-hydrogen) atoms. The van der Waals surface area contributed by atoms with Crippen molar-refractivity contribution >= 4 is 60.6 Å². The minimum absolute atomic E-state index is 0.0197. The molecule has 9 heteroatoms. The van der Waals surface area contributed by atoms with Crippen molar-refractivity contribution in [2.45, 2.75) is 65.3 Å². The van der Waals surface area contributed by atoms with Gasteiger partial charge in [0.1, 0.15) is 10.0 Å². The van der Waals surface area contributed by atoms with Gasteiger partial charge in [-0.3, -0.25) is 0 Å². The van der Waals surface area contributed by atoms with Gasteiger partial charge in [-0.1, -0.05) is 61.7 Å². The van der Waals surface area contributed by atoms with Gasteiger partial charge in [0.25, 0.3) is 0 Å². The summed E-state index contributed by atoms with van der Waals surface area (Å²) in [6.07, 6.45) is 7.31. The summed E-state index contributed by atoms with van der Waals surface area (Å²) in [7, 11) is 0. The Bertz CT molecular complexity index is 530. The van der Waals surface area contributed by atoms with Gasteiger partial charge in [-0.15, -0.1) is 45.7 Å². The van der Waals surface area contributed by atoms with Gasteiger partial charge in [0, 0.05) is 5.25 Å². The molecule has 0 radical (unpaired) electrons. The van der Waals surface area contributed by atoms with Crippen LogP contribution in [0.3, 0.4) is 0 Å². The summed E-state index contributed by atoms with van der Waals surface area (Å²) >= 11 is 16.3. The van der Waals surface area contributed by atoms with Crippen LogP contribution in [0.15, 0.2) is 8.68 Å². The summed E-state index contributed by atoms with van der Waals surface area (Å²) in [5.74, 6) is 0.0197. The maximum Gasteiger partial charge on any atom is 0.171 e. The number of hydrogen-bond acceptors (Lipinski definition) is 9. The maximum absolute atomic E-state index is 4.82. The average Bonchev–Trinajstić information content (AvgIpc) is 3.08. The van der Waals surface area contributed by atoms with Crippen molar-refractivity contribution in [1.29, 1.82) is 0 Å². The van der Waals surface area contributed by atoms with Crippen LogP contribution >= 0.6 is 60.6 Å². The first-order valence-corrected chi connectivity index (χ1v) is 10.4. The lowest BCUT2D eigenvalue weighted by Crippen LogP contribution is -2.15. The Morgan fingerprint density at radius 3 is 1.86 bits per heavy atom. The molecule has 0 N–H and O–H groups in total. The Kier molecular flexibility index (Phi) is 7.96. The minimum Gasteiger partial charge on any atom is -0.175 e. The lowest BCUT2D eigenvalue weighted by molar-refractivity contribution is 0.574. The second kappa shape index (κ2) is 9.46. The molecule has 0 aliphatic heterocycles. The predicted molar refractivity (Wildman–Crippen MR) is 102 cm³/mol. The molecule has 2 aromatic heterocycles. The predicted octanol–water partition coefficient (Wildman–Crippen LogP) is 4.76. The van der Waals surface area contributed by atoms with Gasteiger partial charge in [-0.05, 0) is 6.42 Å². The lowest BCUT2D eigenvalue weighted by Gasteiger charge is -2.18. The van der Waals surface area contributed by atoms with Crippen LogP contribution in [-0.4, -0.2) is 25.6 Å². The molecule has 0 aliphatic rings. The van der Waals surface area contributed by atoms with E-state index in [2.05, 4.69) is 52.6 Å². The highest BCUT2D eigenvalue weighted by atomic mass is 32.2. The molecule has 0 saturated heterocycles. The molecule has 2 rings (SSSR count). The van der Waals surface area contributed by atoms with Gasteiger partial charge in [-0.25, -0.2) is 0 Å². The zero-order valence-corrected chi connectivity index (χ0v) is 16.7. The van der Waals surface area contributed by atoms with Gasteiger partial charge in [0.05, 0.1) is 5.92 Å². The number of thiol groups is 3. The fourth-order valence-electron chi connectivity index (χ4n) is 2.26. The van der Waals surface area contributed by atoms with Gasteiger partial charge in [0.15, 0.2) is 8.68 Å². The molecular weight excluding hydrogens is 373 g/mol. The molecule has 0 aliphatic carbocycles. The fraction of sp³-hybridized carbons (Fsp3) is 0.692. The van der Waals surface area contributed by atoms with E-state index in [1.54, 1.807) is 0 Å². The van der Waals surface area contributed by atoms with Gasteiger partial charge < -0.3 is 0 Å². The van der Waals surface area contributed by atoms with E-state index in [-0.39, 0.29) is 11.2 Å². The van der Waals surface area contributed by atoms with E-state index >= 15 is 0 Å². The molecule has 4 nitrogen and oxygen atoms in total. The summed E-state index contributed by atoms with van der Waals surface area (Å²) in [6, 6.07) is 0. The SMILES string of the molecule is CCCCCCCC(S)C(c1nnc(S)s1)c1nnc(S)s1. The van der Waals surface area contributed by atoms with E-state index < -0.39 is 0 Å². The summed E-state index contributed by atoms with van der Waals surface area (Å²) < 4.78 is 1.33. The highest BCUT2D eigenvalue weighted by Crippen LogP contribution is 2.37. The first-order chi connectivity index (χ1) is 10.6. The number of nitrogens with zero attached hydrogens (tertiary/aromatic N) is 4. The molecule has 122 valence electrons. The van der Waals surface area contributed by atoms with Crippen LogP contribution < -0.4 is 0 Å². The fourth-order valence-corrected chi connectivity index (χ4v) is 5.16. The Hall–Kier alpha value is 0.170. The van der Waals surface area contributed by atoms with Crippen LogP contribution in [0.25, 0.3) is 0 Å². The molecule has 1 unspecified atom stereocenters. The molecule has 1 atom stereocenters. The van der Waals surface area contributed by atoms with Crippen molar-refractivity contribution in [1.82, 2.24) is 20.4 Å². The van der Waals surface area contributed by atoms with E-state index in [1.807, 2.05) is 0 Å². The van der Waals surface area contributed by atoms with Crippen molar-refractivity contribution in [2.75, 3.05) is 0 Å². The molecular formula is C13H20N4S5. The smallest absolute Gasteiger partial charge is 0.171 e. The van der Waals surface area contributed by atoms with Crippen LogP contribution in [0.2, 0.25) is 0 Å². The standard InChI is InChI=1S/C13H20N4S5/c1-2-3-4-5-6-7-8(18)9(10-14-16-12(19)21-10)11-15-17-13(20)22-11/h8-9,18H,2-7H2,1H3,(H,16,19)(H,17,20). The van der Waals surface area contributed by atoms with Crippen molar-refractivity contribution in [2.24, 2.45) is 0 Å². The third-order valence-electron chi connectivity index (χ3n) is 3.38. The van der Waals surface area contributed by atoms with E-state index in [9.17, 15) is 0 Å². The normalized spacial score (nSPS) is 13.0. The van der Waals surface area contributed by atoms with E-state index in [4.69, 9.17) is 12.6 Å². The Morgan fingerprint density at radius 1 is 0.864 bits per heavy atom. The number of hydrogen-bond donors (Lipinski definition) is 3. The van der Waals surface area contributed by atoms with Gasteiger partial charge in [-0.2, -0.15) is 12.6 Å². The summed E-state index contributed by atoms with van der Waals surface area (Å²) in [5.41, 5.74) is 0. The van der Waals surface area contributed by atoms with E-state index in [0.717, 1.165) is 16.4 Å². The van der Waals surface area contributed by atoms with Crippen LogP contribution in [-0.2, 0) is 0 Å². The van der Waals surface area contributed by atoms with Crippen molar-refractivity contribution in [3.8, 4) is 0 Å². The second-order valence-corrected chi connectivity index (χ2v) is 9.23. The van der Waals surface area contributed by atoms with Crippen LogP contribution in [0.5, 0.6) is 0 Å². The highest BCUT2D eigenvalue weighted by Gasteiger charge is 2.28. The Morgan fingerprint density at radius 2 is 1.41 bits per heavy atom. The first kappa shape index (κ1) is 18.5. The average molecular weight is 393 g/mol. The third-order valence-corrected chi connectivity index (χ3v) is 6.28. The molecule has 2 aromatic rings. The zero-order valence-electron chi connectivity index (χ0n) is 12.3. The molecule has 0 bridgehead atoms. The van der Waals surface area contributed by atoms with Crippen molar-refractivity contribution < 1.29 is 0 Å². The van der Waals surface area contributed by atoms with Crippen molar-refractivity contribution in [3.05, 3.63) is 10.0 Å². The van der Waals surface area contributed by atoms with Gasteiger partial charge in [0.2, 0.25) is 0 Å². The second-order valence-electron chi connectivity index (χ2n) is 5.09. The molecule has 0 fully saturated rings. The largest absolute Gasteiger partial charge is 0.175 e. The third kappa shape index (κ3) is 5.36. The zero-order chi connectivity index (χ0) is 15.9. The topological polar surface area (TPSA) is 51.6 Å².